The van der Waals surface area contributed by atoms with Gasteiger partial charge in [0.2, 0.25) is 0 Å². The number of esters is 1. The van der Waals surface area contributed by atoms with Crippen LogP contribution in [0.3, 0.4) is 0 Å². The standard InChI is InChI=1S/C16H14BrCl2NO6/c1-6(22)25-5-12-13(23)14(24)16(26-12)20-11-3-10(19)9(18)2-7(11)8(4-21)15(20)17/h2-4,12-14,16,23-24H,5H2,1H3/t12-,13-,14-,16?/m1/s1. The molecule has 2 heterocycles. The van der Waals surface area contributed by atoms with Gasteiger partial charge < -0.3 is 24.3 Å². The first kappa shape index (κ1) is 19.6. The van der Waals surface area contributed by atoms with Crippen LogP contribution in [0.25, 0.3) is 10.9 Å². The van der Waals surface area contributed by atoms with Crippen molar-refractivity contribution in [3.63, 3.8) is 0 Å². The highest BCUT2D eigenvalue weighted by atomic mass is 79.9. The molecule has 0 spiro atoms. The van der Waals surface area contributed by atoms with Gasteiger partial charge in [-0.3, -0.25) is 9.59 Å². The van der Waals surface area contributed by atoms with Crippen molar-refractivity contribution >= 4 is 62.3 Å². The second-order valence-corrected chi connectivity index (χ2v) is 7.39. The number of carbonyl (C=O) groups excluding carboxylic acids is 2. The Morgan fingerprint density at radius 3 is 2.62 bits per heavy atom. The summed E-state index contributed by atoms with van der Waals surface area (Å²) in [5.74, 6) is -0.531. The van der Waals surface area contributed by atoms with Gasteiger partial charge in [0.15, 0.2) is 12.5 Å². The average molecular weight is 467 g/mol. The summed E-state index contributed by atoms with van der Waals surface area (Å²) in [7, 11) is 0. The van der Waals surface area contributed by atoms with E-state index in [1.807, 2.05) is 0 Å². The molecule has 10 heteroatoms. The van der Waals surface area contributed by atoms with E-state index in [1.165, 1.54) is 11.5 Å². The Morgan fingerprint density at radius 2 is 2.00 bits per heavy atom. The number of benzene rings is 1. The molecule has 0 aliphatic carbocycles. The van der Waals surface area contributed by atoms with Gasteiger partial charge in [-0.1, -0.05) is 23.2 Å². The Balaban J connectivity index is 2.07. The van der Waals surface area contributed by atoms with E-state index >= 15 is 0 Å². The molecule has 1 aliphatic heterocycles. The van der Waals surface area contributed by atoms with Crippen molar-refractivity contribution in [2.24, 2.45) is 0 Å². The van der Waals surface area contributed by atoms with Gasteiger partial charge in [0.05, 0.1) is 25.7 Å². The Morgan fingerprint density at radius 1 is 1.35 bits per heavy atom. The minimum Gasteiger partial charge on any atom is -0.463 e. The summed E-state index contributed by atoms with van der Waals surface area (Å²) in [4.78, 5) is 22.5. The normalized spacial score (nSPS) is 25.6. The van der Waals surface area contributed by atoms with E-state index in [2.05, 4.69) is 15.9 Å². The highest BCUT2D eigenvalue weighted by Gasteiger charge is 2.45. The second kappa shape index (κ2) is 7.46. The van der Waals surface area contributed by atoms with E-state index in [9.17, 15) is 19.8 Å². The number of aliphatic hydroxyl groups is 2. The van der Waals surface area contributed by atoms with Crippen LogP contribution in [0.4, 0.5) is 0 Å². The van der Waals surface area contributed by atoms with Gasteiger partial charge in [-0.2, -0.15) is 0 Å². The first-order valence-corrected chi connectivity index (χ1v) is 9.09. The van der Waals surface area contributed by atoms with Gasteiger partial charge in [0.25, 0.3) is 0 Å². The molecule has 2 N–H and O–H groups in total. The molecule has 140 valence electrons. The van der Waals surface area contributed by atoms with Crippen LogP contribution in [-0.4, -0.2) is 52.0 Å². The van der Waals surface area contributed by atoms with Gasteiger partial charge >= 0.3 is 5.97 Å². The van der Waals surface area contributed by atoms with Crippen LogP contribution in [0.2, 0.25) is 10.0 Å². The van der Waals surface area contributed by atoms with E-state index in [-0.39, 0.29) is 16.7 Å². The average Bonchev–Trinajstić information content (AvgIpc) is 3.00. The van der Waals surface area contributed by atoms with Gasteiger partial charge in [0, 0.05) is 12.3 Å². The van der Waals surface area contributed by atoms with E-state index < -0.39 is 30.5 Å². The zero-order chi connectivity index (χ0) is 19.2. The predicted octanol–water partition coefficient (Wildman–Crippen LogP) is 2.71. The number of carbonyl (C=O) groups is 2. The summed E-state index contributed by atoms with van der Waals surface area (Å²) in [6.07, 6.45) is -3.93. The van der Waals surface area contributed by atoms with Crippen LogP contribution in [0, 0.1) is 0 Å². The zero-order valence-electron chi connectivity index (χ0n) is 13.4. The molecule has 2 aromatic rings. The Kier molecular flexibility index (Phi) is 5.62. The van der Waals surface area contributed by atoms with Crippen molar-refractivity contribution in [2.45, 2.75) is 31.5 Å². The minimum absolute atomic E-state index is 0.214. The number of nitrogens with zero attached hydrogens (tertiary/aromatic N) is 1. The van der Waals surface area contributed by atoms with Crippen LogP contribution in [0.1, 0.15) is 23.5 Å². The van der Waals surface area contributed by atoms with Gasteiger partial charge in [0.1, 0.15) is 24.9 Å². The minimum atomic E-state index is -1.32. The lowest BCUT2D eigenvalue weighted by Crippen LogP contribution is -2.34. The molecule has 0 bridgehead atoms. The van der Waals surface area contributed by atoms with E-state index in [1.54, 1.807) is 12.1 Å². The third kappa shape index (κ3) is 3.26. The number of ether oxygens (including phenoxy) is 2. The number of aldehydes is 1. The Hall–Kier alpha value is -1.16. The smallest absolute Gasteiger partial charge is 0.302 e. The second-order valence-electron chi connectivity index (χ2n) is 5.82. The first-order chi connectivity index (χ1) is 12.3. The molecule has 0 saturated carbocycles. The van der Waals surface area contributed by atoms with Crippen LogP contribution in [-0.2, 0) is 14.3 Å². The molecular formula is C16H14BrCl2NO6. The summed E-state index contributed by atoms with van der Waals surface area (Å²) < 4.78 is 12.4. The number of rotatable bonds is 4. The monoisotopic (exact) mass is 465 g/mol. The molecule has 1 unspecified atom stereocenters. The molecule has 7 nitrogen and oxygen atoms in total. The molecule has 1 saturated heterocycles. The van der Waals surface area contributed by atoms with E-state index in [0.29, 0.717) is 27.4 Å². The summed E-state index contributed by atoms with van der Waals surface area (Å²) in [6, 6.07) is 3.08. The predicted molar refractivity (Wildman–Crippen MR) is 97.6 cm³/mol. The van der Waals surface area contributed by atoms with Crippen molar-refractivity contribution in [1.82, 2.24) is 4.57 Å². The molecule has 0 radical (unpaired) electrons. The highest BCUT2D eigenvalue weighted by molar-refractivity contribution is 9.10. The van der Waals surface area contributed by atoms with Crippen LogP contribution in [0.15, 0.2) is 16.7 Å². The Bertz CT molecular complexity index is 885. The van der Waals surface area contributed by atoms with E-state index in [4.69, 9.17) is 32.7 Å². The highest BCUT2D eigenvalue weighted by Crippen LogP contribution is 2.40. The molecule has 1 aliphatic rings. The summed E-state index contributed by atoms with van der Waals surface area (Å²) in [5, 5.41) is 21.7. The Labute approximate surface area is 166 Å². The number of fused-ring (bicyclic) bond motifs is 1. The molecule has 4 atom stereocenters. The van der Waals surface area contributed by atoms with Crippen LogP contribution < -0.4 is 0 Å². The quantitative estimate of drug-likeness (QED) is 0.531. The maximum absolute atomic E-state index is 11.5. The van der Waals surface area contributed by atoms with Crippen molar-refractivity contribution < 1.29 is 29.3 Å². The molecule has 1 aromatic heterocycles. The molecule has 26 heavy (non-hydrogen) atoms. The van der Waals surface area contributed by atoms with Crippen molar-refractivity contribution in [3.05, 3.63) is 32.3 Å². The number of hydrogen-bond acceptors (Lipinski definition) is 6. The van der Waals surface area contributed by atoms with Gasteiger partial charge in [-0.15, -0.1) is 0 Å². The third-order valence-electron chi connectivity index (χ3n) is 4.18. The maximum atomic E-state index is 11.5. The van der Waals surface area contributed by atoms with E-state index in [0.717, 1.165) is 0 Å². The van der Waals surface area contributed by atoms with Crippen LogP contribution in [0.5, 0.6) is 0 Å². The van der Waals surface area contributed by atoms with Crippen molar-refractivity contribution in [2.75, 3.05) is 6.61 Å². The fourth-order valence-corrected chi connectivity index (χ4v) is 3.96. The molecular weight excluding hydrogens is 453 g/mol. The first-order valence-electron chi connectivity index (χ1n) is 7.54. The van der Waals surface area contributed by atoms with Crippen LogP contribution >= 0.6 is 39.1 Å². The van der Waals surface area contributed by atoms with Crippen molar-refractivity contribution in [3.8, 4) is 0 Å². The topological polar surface area (TPSA) is 98.0 Å². The summed E-state index contributed by atoms with van der Waals surface area (Å²) >= 11 is 15.5. The lowest BCUT2D eigenvalue weighted by atomic mass is 10.1. The largest absolute Gasteiger partial charge is 0.463 e. The lowest BCUT2D eigenvalue weighted by molar-refractivity contribution is -0.147. The molecule has 3 rings (SSSR count). The molecule has 1 aromatic carbocycles. The number of hydrogen-bond donors (Lipinski definition) is 2. The van der Waals surface area contributed by atoms with Gasteiger partial charge in [-0.05, 0) is 28.1 Å². The van der Waals surface area contributed by atoms with Crippen molar-refractivity contribution in [1.29, 1.82) is 0 Å². The summed E-state index contributed by atoms with van der Waals surface area (Å²) in [6.45, 7) is 1.02. The summed E-state index contributed by atoms with van der Waals surface area (Å²) in [5.41, 5.74) is 0.782. The zero-order valence-corrected chi connectivity index (χ0v) is 16.5. The third-order valence-corrected chi connectivity index (χ3v) is 5.71. The number of aromatic nitrogens is 1. The lowest BCUT2D eigenvalue weighted by Gasteiger charge is -2.19. The maximum Gasteiger partial charge on any atom is 0.302 e. The fraction of sp³-hybridized carbons (Fsp3) is 0.375. The fourth-order valence-electron chi connectivity index (χ4n) is 2.94. The SMILES string of the molecule is CC(=O)OC[C@H]1OC(n2c(Br)c(C=O)c3cc(Cl)c(Cl)cc32)[C@H](O)[C@@H]1O. The molecule has 0 amide bonds. The number of aliphatic hydroxyl groups excluding tert-OH is 2. The number of halogens is 3. The molecule has 1 fully saturated rings. The van der Waals surface area contributed by atoms with Gasteiger partial charge in [-0.25, -0.2) is 0 Å².